The number of benzene rings is 2. The van der Waals surface area contributed by atoms with E-state index in [1.807, 2.05) is 0 Å². The Morgan fingerprint density at radius 1 is 0.833 bits per heavy atom. The number of amides is 1. The number of nitrogens with zero attached hydrogens (tertiary/aromatic N) is 4. The summed E-state index contributed by atoms with van der Waals surface area (Å²) in [5, 5.41) is 0. The Morgan fingerprint density at radius 2 is 1.37 bits per heavy atom. The van der Waals surface area contributed by atoms with Crippen molar-refractivity contribution in [3.8, 4) is 0 Å². The van der Waals surface area contributed by atoms with E-state index < -0.39 is 5.91 Å². The van der Waals surface area contributed by atoms with Gasteiger partial charge in [0.05, 0.1) is 11.6 Å². The molecule has 2 aromatic carbocycles. The van der Waals surface area contributed by atoms with E-state index in [0.29, 0.717) is 11.5 Å². The molecule has 2 aliphatic rings. The predicted octanol–water partition coefficient (Wildman–Crippen LogP) is 2.59. The predicted molar refractivity (Wildman–Crippen MR) is 116 cm³/mol. The van der Waals surface area contributed by atoms with E-state index >= 15 is 0 Å². The van der Waals surface area contributed by atoms with Crippen LogP contribution in [-0.4, -0.2) is 47.0 Å². The number of carbonyl (C=O) groups excluding carboxylic acids is 1. The third-order valence-corrected chi connectivity index (χ3v) is 6.25. The van der Waals surface area contributed by atoms with Crippen LogP contribution in [0.15, 0.2) is 60.9 Å². The number of piperazine rings is 1. The van der Waals surface area contributed by atoms with Gasteiger partial charge in [0, 0.05) is 38.6 Å². The molecule has 0 bridgehead atoms. The van der Waals surface area contributed by atoms with Crippen molar-refractivity contribution >= 4 is 11.9 Å². The van der Waals surface area contributed by atoms with Gasteiger partial charge in [0.1, 0.15) is 0 Å². The number of hydrogen-bond acceptors (Lipinski definition) is 5. The molecule has 0 spiro atoms. The molecule has 0 unspecified atom stereocenters. The van der Waals surface area contributed by atoms with Gasteiger partial charge in [0.15, 0.2) is 0 Å². The minimum atomic E-state index is -0.503. The zero-order chi connectivity index (χ0) is 20.5. The van der Waals surface area contributed by atoms with Gasteiger partial charge in [0.2, 0.25) is 5.95 Å². The maximum atomic E-state index is 11.3. The monoisotopic (exact) mass is 399 g/mol. The topological polar surface area (TPSA) is 75.4 Å². The fraction of sp³-hybridized carbons (Fsp3) is 0.292. The molecule has 2 heterocycles. The molecule has 6 heteroatoms. The Hall–Kier alpha value is -3.25. The van der Waals surface area contributed by atoms with E-state index in [0.717, 1.165) is 39.0 Å². The lowest BCUT2D eigenvalue weighted by atomic mass is 9.93. The smallest absolute Gasteiger partial charge is 0.251 e. The summed E-state index contributed by atoms with van der Waals surface area (Å²) in [7, 11) is 0. The first-order valence-corrected chi connectivity index (χ1v) is 10.5. The van der Waals surface area contributed by atoms with Gasteiger partial charge < -0.3 is 10.6 Å². The Balaban J connectivity index is 1.40. The number of aromatic nitrogens is 2. The van der Waals surface area contributed by atoms with Gasteiger partial charge >= 0.3 is 0 Å². The molecule has 1 amide bonds. The molecule has 1 aliphatic heterocycles. The van der Waals surface area contributed by atoms with Gasteiger partial charge in [0.25, 0.3) is 5.91 Å². The van der Waals surface area contributed by atoms with Crippen LogP contribution >= 0.6 is 0 Å². The molecule has 1 aliphatic carbocycles. The highest BCUT2D eigenvalue weighted by atomic mass is 16.1. The van der Waals surface area contributed by atoms with Crippen LogP contribution in [0.2, 0.25) is 0 Å². The van der Waals surface area contributed by atoms with Crippen molar-refractivity contribution in [1.29, 1.82) is 0 Å². The van der Waals surface area contributed by atoms with Crippen LogP contribution in [0.3, 0.4) is 0 Å². The van der Waals surface area contributed by atoms with Crippen molar-refractivity contribution in [2.75, 3.05) is 31.1 Å². The fourth-order valence-electron chi connectivity index (χ4n) is 4.68. The standard InChI is InChI=1S/C24H25N5O/c25-23(30)19-15-26-24(27-16-19)29-13-11-28(12-14-29)22-20-7-3-1-5-17(20)9-10-18-6-2-4-8-21(18)22/h1-8,15-16,22H,9-14H2,(H2,25,30). The Bertz CT molecular complexity index is 1010. The van der Waals surface area contributed by atoms with Crippen molar-refractivity contribution in [2.24, 2.45) is 5.73 Å². The number of anilines is 1. The molecular formula is C24H25N5O. The second-order valence-electron chi connectivity index (χ2n) is 7.96. The molecule has 2 N–H and O–H groups in total. The van der Waals surface area contributed by atoms with Crippen molar-refractivity contribution in [3.63, 3.8) is 0 Å². The lowest BCUT2D eigenvalue weighted by molar-refractivity contribution is 0.0999. The highest BCUT2D eigenvalue weighted by molar-refractivity contribution is 5.92. The number of fused-ring (bicyclic) bond motifs is 2. The summed E-state index contributed by atoms with van der Waals surface area (Å²) in [6.07, 6.45) is 5.19. The number of rotatable bonds is 3. The molecule has 30 heavy (non-hydrogen) atoms. The summed E-state index contributed by atoms with van der Waals surface area (Å²) in [6.45, 7) is 3.54. The minimum absolute atomic E-state index is 0.278. The summed E-state index contributed by atoms with van der Waals surface area (Å²) in [6, 6.07) is 18.0. The minimum Gasteiger partial charge on any atom is -0.366 e. The second kappa shape index (κ2) is 7.88. The van der Waals surface area contributed by atoms with Crippen molar-refractivity contribution in [2.45, 2.75) is 18.9 Å². The first kappa shape index (κ1) is 18.8. The highest BCUT2D eigenvalue weighted by Gasteiger charge is 2.31. The zero-order valence-corrected chi connectivity index (χ0v) is 16.9. The number of nitrogens with two attached hydrogens (primary N) is 1. The van der Waals surface area contributed by atoms with E-state index in [4.69, 9.17) is 5.73 Å². The van der Waals surface area contributed by atoms with Gasteiger partial charge in [-0.25, -0.2) is 9.97 Å². The van der Waals surface area contributed by atoms with Gasteiger partial charge in [-0.05, 0) is 35.1 Å². The molecule has 0 saturated carbocycles. The average Bonchev–Trinajstić information content (AvgIpc) is 2.96. The number of hydrogen-bond donors (Lipinski definition) is 1. The molecule has 6 nitrogen and oxygen atoms in total. The summed E-state index contributed by atoms with van der Waals surface area (Å²) < 4.78 is 0. The van der Waals surface area contributed by atoms with E-state index in [-0.39, 0.29) is 6.04 Å². The third kappa shape index (κ3) is 3.44. The lowest BCUT2D eigenvalue weighted by Crippen LogP contribution is -2.48. The van der Waals surface area contributed by atoms with Gasteiger partial charge in [-0.1, -0.05) is 48.5 Å². The van der Waals surface area contributed by atoms with Crippen LogP contribution in [0.25, 0.3) is 0 Å². The highest BCUT2D eigenvalue weighted by Crippen LogP contribution is 2.37. The largest absolute Gasteiger partial charge is 0.366 e. The second-order valence-corrected chi connectivity index (χ2v) is 7.96. The number of aryl methyl sites for hydroxylation is 2. The maximum Gasteiger partial charge on any atom is 0.251 e. The first-order valence-electron chi connectivity index (χ1n) is 10.5. The number of primary amides is 1. The van der Waals surface area contributed by atoms with Crippen LogP contribution in [0.1, 0.15) is 38.7 Å². The van der Waals surface area contributed by atoms with E-state index in [1.165, 1.54) is 34.6 Å². The molecule has 3 aromatic rings. The molecular weight excluding hydrogens is 374 g/mol. The van der Waals surface area contributed by atoms with Crippen molar-refractivity contribution in [1.82, 2.24) is 14.9 Å². The Kier molecular flexibility index (Phi) is 4.93. The van der Waals surface area contributed by atoms with E-state index in [2.05, 4.69) is 68.3 Å². The maximum absolute atomic E-state index is 11.3. The van der Waals surface area contributed by atoms with Crippen LogP contribution in [0.5, 0.6) is 0 Å². The average molecular weight is 399 g/mol. The van der Waals surface area contributed by atoms with Crippen LogP contribution in [0, 0.1) is 0 Å². The van der Waals surface area contributed by atoms with E-state index in [9.17, 15) is 4.79 Å². The van der Waals surface area contributed by atoms with Crippen LogP contribution in [0.4, 0.5) is 5.95 Å². The van der Waals surface area contributed by atoms with E-state index in [1.54, 1.807) is 0 Å². The molecule has 1 aromatic heterocycles. The zero-order valence-electron chi connectivity index (χ0n) is 16.9. The number of carbonyl (C=O) groups is 1. The van der Waals surface area contributed by atoms with Crippen LogP contribution < -0.4 is 10.6 Å². The molecule has 0 atom stereocenters. The summed E-state index contributed by atoms with van der Waals surface area (Å²) >= 11 is 0. The molecule has 152 valence electrons. The van der Waals surface area contributed by atoms with Crippen molar-refractivity contribution < 1.29 is 4.79 Å². The van der Waals surface area contributed by atoms with Gasteiger partial charge in [-0.15, -0.1) is 0 Å². The SMILES string of the molecule is NC(=O)c1cnc(N2CCN(C3c4ccccc4CCc4ccccc43)CC2)nc1. The summed E-state index contributed by atoms with van der Waals surface area (Å²) in [5.41, 5.74) is 11.4. The molecule has 1 saturated heterocycles. The summed E-state index contributed by atoms with van der Waals surface area (Å²) in [5.74, 6) is 0.151. The van der Waals surface area contributed by atoms with Gasteiger partial charge in [-0.2, -0.15) is 0 Å². The third-order valence-electron chi connectivity index (χ3n) is 6.25. The Morgan fingerprint density at radius 3 is 1.90 bits per heavy atom. The Labute approximate surface area is 176 Å². The van der Waals surface area contributed by atoms with Gasteiger partial charge in [-0.3, -0.25) is 9.69 Å². The lowest BCUT2D eigenvalue weighted by Gasteiger charge is -2.40. The molecule has 1 fully saturated rings. The summed E-state index contributed by atoms with van der Waals surface area (Å²) in [4.78, 5) is 24.7. The van der Waals surface area contributed by atoms with Crippen molar-refractivity contribution in [3.05, 3.63) is 88.7 Å². The quantitative estimate of drug-likeness (QED) is 0.733. The molecule has 0 radical (unpaired) electrons. The van der Waals surface area contributed by atoms with Crippen LogP contribution in [-0.2, 0) is 12.8 Å². The molecule has 5 rings (SSSR count). The fourth-order valence-corrected chi connectivity index (χ4v) is 4.68. The first-order chi connectivity index (χ1) is 14.7. The normalized spacial score (nSPS) is 17.1.